The Hall–Kier alpha value is -0.0800. The highest BCUT2D eigenvalue weighted by atomic mass is 16.3. The molecule has 1 N–H and O–H groups in total. The number of hydrogen-bond donors (Lipinski definition) is 1. The molecule has 16 heavy (non-hydrogen) atoms. The number of hydrogen-bond acceptors (Lipinski definition) is 2. The first-order chi connectivity index (χ1) is 7.81. The van der Waals surface area contributed by atoms with Crippen LogP contribution in [0.25, 0.3) is 0 Å². The minimum Gasteiger partial charge on any atom is -0.396 e. The van der Waals surface area contributed by atoms with Crippen LogP contribution in [0, 0.1) is 17.3 Å². The fraction of sp³-hybridized carbons (Fsp3) is 1.00. The van der Waals surface area contributed by atoms with Crippen LogP contribution in [0.15, 0.2) is 0 Å². The van der Waals surface area contributed by atoms with Gasteiger partial charge in [0.15, 0.2) is 0 Å². The first-order valence-corrected chi connectivity index (χ1v) is 7.15. The fourth-order valence-corrected chi connectivity index (χ4v) is 4.43. The number of aliphatic hydroxyl groups is 1. The van der Waals surface area contributed by atoms with Crippen LogP contribution in [0.1, 0.15) is 44.9 Å². The fourth-order valence-electron chi connectivity index (χ4n) is 4.43. The molecule has 2 unspecified atom stereocenters. The molecule has 0 radical (unpaired) electrons. The van der Waals surface area contributed by atoms with E-state index in [1.807, 2.05) is 0 Å². The van der Waals surface area contributed by atoms with Crippen molar-refractivity contribution in [3.8, 4) is 0 Å². The van der Waals surface area contributed by atoms with Gasteiger partial charge in [0.25, 0.3) is 0 Å². The van der Waals surface area contributed by atoms with Crippen molar-refractivity contribution in [2.24, 2.45) is 17.3 Å². The van der Waals surface area contributed by atoms with Crippen LogP contribution < -0.4 is 0 Å². The summed E-state index contributed by atoms with van der Waals surface area (Å²) in [6, 6.07) is 0. The summed E-state index contributed by atoms with van der Waals surface area (Å²) in [5.74, 6) is 1.99. The average Bonchev–Trinajstić information content (AvgIpc) is 2.93. The first-order valence-electron chi connectivity index (χ1n) is 7.15. The molecule has 0 aromatic carbocycles. The van der Waals surface area contributed by atoms with Crippen molar-refractivity contribution in [1.29, 1.82) is 0 Å². The molecule has 2 saturated carbocycles. The molecule has 0 aromatic rings. The van der Waals surface area contributed by atoms with Gasteiger partial charge in [-0.05, 0) is 37.5 Å². The number of rotatable bonds is 3. The molecular formula is C14H25NO. The summed E-state index contributed by atoms with van der Waals surface area (Å²) in [7, 11) is 0. The van der Waals surface area contributed by atoms with Crippen molar-refractivity contribution in [3.05, 3.63) is 0 Å². The smallest absolute Gasteiger partial charge is 0.0499 e. The zero-order chi connectivity index (χ0) is 11.0. The lowest BCUT2D eigenvalue weighted by atomic mass is 9.86. The van der Waals surface area contributed by atoms with E-state index < -0.39 is 0 Å². The van der Waals surface area contributed by atoms with Gasteiger partial charge in [0, 0.05) is 31.7 Å². The highest BCUT2D eigenvalue weighted by Crippen LogP contribution is 2.42. The lowest BCUT2D eigenvalue weighted by Crippen LogP contribution is -2.37. The molecule has 1 saturated heterocycles. The van der Waals surface area contributed by atoms with Crippen molar-refractivity contribution < 1.29 is 5.11 Å². The molecule has 1 aliphatic heterocycles. The molecule has 92 valence electrons. The second-order valence-corrected chi connectivity index (χ2v) is 6.51. The lowest BCUT2D eigenvalue weighted by Gasteiger charge is -2.32. The largest absolute Gasteiger partial charge is 0.396 e. The van der Waals surface area contributed by atoms with Crippen LogP contribution in [0.4, 0.5) is 0 Å². The van der Waals surface area contributed by atoms with Crippen LogP contribution in [-0.4, -0.2) is 36.2 Å². The van der Waals surface area contributed by atoms with Gasteiger partial charge >= 0.3 is 0 Å². The molecule has 0 bridgehead atoms. The molecule has 3 aliphatic rings. The van der Waals surface area contributed by atoms with Crippen LogP contribution >= 0.6 is 0 Å². The van der Waals surface area contributed by atoms with E-state index in [0.29, 0.717) is 6.61 Å². The maximum absolute atomic E-state index is 9.65. The van der Waals surface area contributed by atoms with Crippen LogP contribution in [0.2, 0.25) is 0 Å². The van der Waals surface area contributed by atoms with Gasteiger partial charge in [-0.15, -0.1) is 0 Å². The maximum atomic E-state index is 9.65. The van der Waals surface area contributed by atoms with E-state index in [1.54, 1.807) is 0 Å². The molecule has 2 aliphatic carbocycles. The minimum absolute atomic E-state index is 0.276. The Balaban J connectivity index is 1.59. The molecule has 1 heterocycles. The first kappa shape index (κ1) is 11.0. The second kappa shape index (κ2) is 4.30. The van der Waals surface area contributed by atoms with E-state index >= 15 is 0 Å². The molecule has 2 heteroatoms. The molecule has 0 aromatic heterocycles. The van der Waals surface area contributed by atoms with E-state index in [4.69, 9.17) is 0 Å². The van der Waals surface area contributed by atoms with E-state index in [-0.39, 0.29) is 5.41 Å². The minimum atomic E-state index is 0.276. The molecular weight excluding hydrogens is 198 g/mol. The van der Waals surface area contributed by atoms with Crippen molar-refractivity contribution in [1.82, 2.24) is 4.90 Å². The Kier molecular flexibility index (Phi) is 2.97. The Morgan fingerprint density at radius 3 is 2.19 bits per heavy atom. The highest BCUT2D eigenvalue weighted by molar-refractivity contribution is 4.93. The van der Waals surface area contributed by atoms with Crippen molar-refractivity contribution in [3.63, 3.8) is 0 Å². The summed E-state index contributed by atoms with van der Waals surface area (Å²) in [6.07, 6.45) is 9.59. The number of nitrogens with zero attached hydrogens (tertiary/aromatic N) is 1. The van der Waals surface area contributed by atoms with Gasteiger partial charge in [0.1, 0.15) is 0 Å². The maximum Gasteiger partial charge on any atom is 0.0499 e. The highest BCUT2D eigenvalue weighted by Gasteiger charge is 2.41. The summed E-state index contributed by atoms with van der Waals surface area (Å²) < 4.78 is 0. The Bertz CT molecular complexity index is 235. The second-order valence-electron chi connectivity index (χ2n) is 6.51. The third kappa shape index (κ3) is 1.91. The average molecular weight is 223 g/mol. The zero-order valence-corrected chi connectivity index (χ0v) is 10.3. The van der Waals surface area contributed by atoms with E-state index in [9.17, 15) is 5.11 Å². The number of likely N-dealkylation sites (tertiary alicyclic amines) is 1. The van der Waals surface area contributed by atoms with E-state index in [2.05, 4.69) is 4.90 Å². The summed E-state index contributed by atoms with van der Waals surface area (Å²) in [4.78, 5) is 2.66. The summed E-state index contributed by atoms with van der Waals surface area (Å²) >= 11 is 0. The predicted octanol–water partition coefficient (Wildman–Crippen LogP) is 2.27. The monoisotopic (exact) mass is 223 g/mol. The third-order valence-electron chi connectivity index (χ3n) is 5.36. The van der Waals surface area contributed by atoms with Crippen molar-refractivity contribution in [2.45, 2.75) is 44.9 Å². The molecule has 2 nitrogen and oxygen atoms in total. The third-order valence-corrected chi connectivity index (χ3v) is 5.36. The van der Waals surface area contributed by atoms with Gasteiger partial charge < -0.3 is 10.0 Å². The molecule has 2 atom stereocenters. The molecule has 0 spiro atoms. The van der Waals surface area contributed by atoms with Crippen LogP contribution in [0.5, 0.6) is 0 Å². The number of fused-ring (bicyclic) bond motifs is 1. The quantitative estimate of drug-likeness (QED) is 0.793. The SMILES string of the molecule is OCC1(CN2CC3CCCC3C2)CCCC1. The molecule has 3 rings (SSSR count). The Labute approximate surface area is 99.0 Å². The lowest BCUT2D eigenvalue weighted by molar-refractivity contribution is 0.0850. The van der Waals surface area contributed by atoms with Crippen LogP contribution in [0.3, 0.4) is 0 Å². The van der Waals surface area contributed by atoms with Crippen molar-refractivity contribution in [2.75, 3.05) is 26.2 Å². The van der Waals surface area contributed by atoms with Gasteiger partial charge in [-0.1, -0.05) is 19.3 Å². The van der Waals surface area contributed by atoms with Gasteiger partial charge in [0.05, 0.1) is 0 Å². The summed E-state index contributed by atoms with van der Waals surface area (Å²) in [5.41, 5.74) is 0.276. The van der Waals surface area contributed by atoms with Gasteiger partial charge in [0.2, 0.25) is 0 Å². The predicted molar refractivity (Wildman–Crippen MR) is 65.3 cm³/mol. The van der Waals surface area contributed by atoms with Crippen LogP contribution in [-0.2, 0) is 0 Å². The summed E-state index contributed by atoms with van der Waals surface area (Å²) in [6.45, 7) is 4.24. The van der Waals surface area contributed by atoms with Gasteiger partial charge in [-0.3, -0.25) is 0 Å². The normalized spacial score (nSPS) is 38.1. The topological polar surface area (TPSA) is 23.5 Å². The molecule has 3 fully saturated rings. The van der Waals surface area contributed by atoms with E-state index in [1.165, 1.54) is 64.6 Å². The molecule has 0 amide bonds. The van der Waals surface area contributed by atoms with E-state index in [0.717, 1.165) is 11.8 Å². The summed E-state index contributed by atoms with van der Waals surface area (Å²) in [5, 5.41) is 9.65. The zero-order valence-electron chi connectivity index (χ0n) is 10.3. The van der Waals surface area contributed by atoms with Gasteiger partial charge in [-0.2, -0.15) is 0 Å². The Morgan fingerprint density at radius 2 is 1.62 bits per heavy atom. The van der Waals surface area contributed by atoms with Gasteiger partial charge in [-0.25, -0.2) is 0 Å². The Morgan fingerprint density at radius 1 is 1.00 bits per heavy atom. The number of aliphatic hydroxyl groups excluding tert-OH is 1. The standard InChI is InChI=1S/C14H25NO/c16-11-14(6-1-2-7-14)10-15-8-12-4-3-5-13(12)9-15/h12-13,16H,1-11H2. The van der Waals surface area contributed by atoms with Crippen molar-refractivity contribution >= 4 is 0 Å².